The van der Waals surface area contributed by atoms with Crippen molar-refractivity contribution < 1.29 is 13.5 Å². The predicted molar refractivity (Wildman–Crippen MR) is 62.0 cm³/mol. The third-order valence-electron chi connectivity index (χ3n) is 3.71. The van der Waals surface area contributed by atoms with Gasteiger partial charge in [0.25, 0.3) is 0 Å². The first-order valence-corrected chi connectivity index (χ1v) is 5.74. The van der Waals surface area contributed by atoms with Crippen molar-refractivity contribution in [2.75, 3.05) is 7.05 Å². The summed E-state index contributed by atoms with van der Waals surface area (Å²) in [5.74, 6) is -1.78. The Kier molecular flexibility index (Phi) is 3.08. The molecule has 4 heteroatoms. The Bertz CT molecular complexity index is 420. The van der Waals surface area contributed by atoms with E-state index in [9.17, 15) is 8.78 Å². The van der Waals surface area contributed by atoms with Crippen LogP contribution in [0.5, 0.6) is 5.75 Å². The van der Waals surface area contributed by atoms with Crippen LogP contribution in [0.1, 0.15) is 20.3 Å². The molecule has 2 rings (SSSR count). The van der Waals surface area contributed by atoms with Crippen molar-refractivity contribution in [3.63, 3.8) is 0 Å². The predicted octanol–water partition coefficient (Wildman–Crippen LogP) is 2.73. The molecule has 1 N–H and O–H groups in total. The fourth-order valence-electron chi connectivity index (χ4n) is 2.30. The summed E-state index contributed by atoms with van der Waals surface area (Å²) >= 11 is 0. The van der Waals surface area contributed by atoms with E-state index in [1.807, 2.05) is 7.05 Å². The molecule has 0 amide bonds. The maximum atomic E-state index is 13.4. The Morgan fingerprint density at radius 3 is 2.65 bits per heavy atom. The lowest BCUT2D eigenvalue weighted by molar-refractivity contribution is -0.0540. The summed E-state index contributed by atoms with van der Waals surface area (Å²) in [7, 11) is 1.89. The summed E-state index contributed by atoms with van der Waals surface area (Å²) in [6, 6.07) is 4.35. The van der Waals surface area contributed by atoms with Gasteiger partial charge < -0.3 is 10.1 Å². The van der Waals surface area contributed by atoms with Crippen molar-refractivity contribution in [3.05, 3.63) is 29.8 Å². The van der Waals surface area contributed by atoms with Gasteiger partial charge in [0.15, 0.2) is 11.6 Å². The lowest BCUT2D eigenvalue weighted by Gasteiger charge is -2.51. The average Bonchev–Trinajstić information content (AvgIpc) is 2.29. The first-order chi connectivity index (χ1) is 7.96. The molecule has 1 saturated carbocycles. The van der Waals surface area contributed by atoms with Crippen LogP contribution < -0.4 is 10.1 Å². The highest BCUT2D eigenvalue weighted by Gasteiger charge is 2.49. The van der Waals surface area contributed by atoms with Crippen LogP contribution in [-0.4, -0.2) is 19.2 Å². The van der Waals surface area contributed by atoms with Gasteiger partial charge in [-0.1, -0.05) is 19.9 Å². The summed E-state index contributed by atoms with van der Waals surface area (Å²) in [4.78, 5) is 0. The second kappa shape index (κ2) is 4.26. The number of hydrogen-bond acceptors (Lipinski definition) is 2. The molecule has 0 spiro atoms. The minimum Gasteiger partial charge on any atom is -0.487 e. The molecule has 1 aromatic rings. The Morgan fingerprint density at radius 2 is 2.06 bits per heavy atom. The Morgan fingerprint density at radius 1 is 1.35 bits per heavy atom. The van der Waals surface area contributed by atoms with Gasteiger partial charge in [0, 0.05) is 17.9 Å². The van der Waals surface area contributed by atoms with Crippen molar-refractivity contribution in [1.82, 2.24) is 5.32 Å². The van der Waals surface area contributed by atoms with E-state index in [4.69, 9.17) is 4.74 Å². The van der Waals surface area contributed by atoms with Gasteiger partial charge in [0.2, 0.25) is 5.82 Å². The molecule has 17 heavy (non-hydrogen) atoms. The maximum Gasteiger partial charge on any atom is 0.200 e. The number of halogens is 2. The molecular weight excluding hydrogens is 224 g/mol. The second-order valence-electron chi connectivity index (χ2n) is 5.06. The summed E-state index contributed by atoms with van der Waals surface area (Å²) in [6.45, 7) is 4.11. The number of hydrogen-bond donors (Lipinski definition) is 1. The van der Waals surface area contributed by atoms with E-state index in [-0.39, 0.29) is 17.3 Å². The summed E-state index contributed by atoms with van der Waals surface area (Å²) in [5, 5.41) is 3.19. The second-order valence-corrected chi connectivity index (χ2v) is 5.06. The maximum absolute atomic E-state index is 13.4. The van der Waals surface area contributed by atoms with Crippen molar-refractivity contribution in [1.29, 1.82) is 0 Å². The van der Waals surface area contributed by atoms with E-state index >= 15 is 0 Å². The van der Waals surface area contributed by atoms with Gasteiger partial charge in [0.05, 0.1) is 0 Å². The average molecular weight is 241 g/mol. The lowest BCUT2D eigenvalue weighted by Crippen LogP contribution is -2.61. The highest BCUT2D eigenvalue weighted by Crippen LogP contribution is 2.43. The molecule has 0 radical (unpaired) electrons. The molecule has 2 nitrogen and oxygen atoms in total. The topological polar surface area (TPSA) is 21.3 Å². The largest absolute Gasteiger partial charge is 0.487 e. The molecule has 0 heterocycles. The third kappa shape index (κ3) is 2.02. The molecule has 0 saturated heterocycles. The summed E-state index contributed by atoms with van der Waals surface area (Å²) in [6.07, 6.45) is 0.718. The first kappa shape index (κ1) is 12.3. The minimum absolute atomic E-state index is 0.00220. The van der Waals surface area contributed by atoms with Crippen LogP contribution in [-0.2, 0) is 0 Å². The number of benzene rings is 1. The molecule has 1 aliphatic rings. The minimum atomic E-state index is -0.906. The van der Waals surface area contributed by atoms with Gasteiger partial charge in [0.1, 0.15) is 6.10 Å². The highest BCUT2D eigenvalue weighted by molar-refractivity contribution is 5.26. The number of ether oxygens (including phenoxy) is 1. The molecule has 0 aromatic heterocycles. The van der Waals surface area contributed by atoms with Crippen molar-refractivity contribution >= 4 is 0 Å². The van der Waals surface area contributed by atoms with E-state index in [2.05, 4.69) is 19.2 Å². The zero-order chi connectivity index (χ0) is 12.6. The molecule has 1 aliphatic carbocycles. The van der Waals surface area contributed by atoms with Gasteiger partial charge in [-0.2, -0.15) is 4.39 Å². The normalized spacial score (nSPS) is 26.4. The van der Waals surface area contributed by atoms with Crippen LogP contribution in [0.15, 0.2) is 18.2 Å². The molecule has 2 atom stereocenters. The van der Waals surface area contributed by atoms with Crippen molar-refractivity contribution in [2.24, 2.45) is 5.41 Å². The van der Waals surface area contributed by atoms with E-state index in [1.165, 1.54) is 12.1 Å². The van der Waals surface area contributed by atoms with Gasteiger partial charge in [-0.25, -0.2) is 4.39 Å². The van der Waals surface area contributed by atoms with E-state index in [0.717, 1.165) is 12.5 Å². The molecule has 94 valence electrons. The van der Waals surface area contributed by atoms with Crippen LogP contribution in [0.2, 0.25) is 0 Å². The quantitative estimate of drug-likeness (QED) is 0.878. The SMILES string of the molecule is CNC1CC(Oc2cccc(F)c2F)C1(C)C. The molecule has 1 fully saturated rings. The fourth-order valence-corrected chi connectivity index (χ4v) is 2.30. The Balaban J connectivity index is 2.11. The summed E-state index contributed by atoms with van der Waals surface area (Å²) in [5.41, 5.74) is -0.0759. The molecular formula is C13H17F2NO. The fraction of sp³-hybridized carbons (Fsp3) is 0.538. The zero-order valence-electron chi connectivity index (χ0n) is 10.3. The van der Waals surface area contributed by atoms with Crippen LogP contribution in [0, 0.1) is 17.0 Å². The Hall–Kier alpha value is -1.16. The van der Waals surface area contributed by atoms with Gasteiger partial charge in [-0.05, 0) is 19.2 Å². The summed E-state index contributed by atoms with van der Waals surface area (Å²) < 4.78 is 32.0. The van der Waals surface area contributed by atoms with Crippen molar-refractivity contribution in [2.45, 2.75) is 32.4 Å². The monoisotopic (exact) mass is 241 g/mol. The van der Waals surface area contributed by atoms with Crippen LogP contribution >= 0.6 is 0 Å². The molecule has 1 aromatic carbocycles. The smallest absolute Gasteiger partial charge is 0.200 e. The van der Waals surface area contributed by atoms with Crippen LogP contribution in [0.3, 0.4) is 0 Å². The zero-order valence-corrected chi connectivity index (χ0v) is 10.3. The van der Waals surface area contributed by atoms with E-state index in [0.29, 0.717) is 6.04 Å². The molecule has 0 aliphatic heterocycles. The van der Waals surface area contributed by atoms with Gasteiger partial charge >= 0.3 is 0 Å². The first-order valence-electron chi connectivity index (χ1n) is 5.74. The number of rotatable bonds is 3. The van der Waals surface area contributed by atoms with Crippen LogP contribution in [0.25, 0.3) is 0 Å². The van der Waals surface area contributed by atoms with E-state index < -0.39 is 11.6 Å². The Labute approximate surface area is 100.0 Å². The van der Waals surface area contributed by atoms with Crippen molar-refractivity contribution in [3.8, 4) is 5.75 Å². The number of nitrogens with one attached hydrogen (secondary N) is 1. The standard InChI is InChI=1S/C13H17F2NO/c1-13(2)10(16-3)7-11(13)17-9-6-4-5-8(14)12(9)15/h4-6,10-11,16H,7H2,1-3H3. The third-order valence-corrected chi connectivity index (χ3v) is 3.71. The van der Waals surface area contributed by atoms with Crippen LogP contribution in [0.4, 0.5) is 8.78 Å². The lowest BCUT2D eigenvalue weighted by atomic mass is 9.64. The molecule has 0 bridgehead atoms. The molecule has 2 unspecified atom stereocenters. The highest BCUT2D eigenvalue weighted by atomic mass is 19.2. The van der Waals surface area contributed by atoms with E-state index in [1.54, 1.807) is 0 Å². The van der Waals surface area contributed by atoms with Gasteiger partial charge in [-0.15, -0.1) is 0 Å². The van der Waals surface area contributed by atoms with Gasteiger partial charge in [-0.3, -0.25) is 0 Å².